The van der Waals surface area contributed by atoms with E-state index < -0.39 is 0 Å². The van der Waals surface area contributed by atoms with Gasteiger partial charge in [0.25, 0.3) is 5.91 Å². The van der Waals surface area contributed by atoms with Crippen molar-refractivity contribution in [1.82, 2.24) is 0 Å². The molecule has 25 heavy (non-hydrogen) atoms. The fourth-order valence-corrected chi connectivity index (χ4v) is 3.07. The highest BCUT2D eigenvalue weighted by atomic mass is 79.9. The number of carbonyl (C=O) groups is 1. The number of phenolic OH excluding ortho intramolecular Hbond substituents is 1. The minimum Gasteiger partial charge on any atom is -0.503 e. The first kappa shape index (κ1) is 17.5. The number of benzene rings is 2. The maximum absolute atomic E-state index is 12.8. The Hall–Kier alpha value is -2.31. The number of hydrogen-bond acceptors (Lipinski definition) is 4. The Labute approximate surface area is 158 Å². The van der Waals surface area contributed by atoms with E-state index in [2.05, 4.69) is 21.0 Å². The van der Waals surface area contributed by atoms with Crippen LogP contribution in [0, 0.1) is 0 Å². The van der Waals surface area contributed by atoms with E-state index in [1.807, 2.05) is 24.3 Å². The van der Waals surface area contributed by atoms with Crippen LogP contribution in [0.2, 0.25) is 5.02 Å². The van der Waals surface area contributed by atoms with E-state index >= 15 is 0 Å². The summed E-state index contributed by atoms with van der Waals surface area (Å²) in [6, 6.07) is 10.5. The van der Waals surface area contributed by atoms with E-state index in [9.17, 15) is 9.90 Å². The summed E-state index contributed by atoms with van der Waals surface area (Å²) in [5, 5.41) is 15.7. The van der Waals surface area contributed by atoms with Crippen molar-refractivity contribution in [3.63, 3.8) is 0 Å². The molecule has 128 valence electrons. The number of amides is 1. The van der Waals surface area contributed by atoms with Crippen molar-refractivity contribution in [3.05, 3.63) is 57.0 Å². The molecule has 0 saturated carbocycles. The number of nitrogens with zero attached hydrogens (tertiary/aromatic N) is 2. The molecule has 0 spiro atoms. The van der Waals surface area contributed by atoms with Crippen LogP contribution in [0.3, 0.4) is 0 Å². The van der Waals surface area contributed by atoms with Crippen LogP contribution < -0.4 is 9.75 Å². The zero-order valence-corrected chi connectivity index (χ0v) is 15.8. The summed E-state index contributed by atoms with van der Waals surface area (Å²) in [5.74, 6) is -0.132. The zero-order chi connectivity index (χ0) is 18.1. The van der Waals surface area contributed by atoms with Gasteiger partial charge >= 0.3 is 0 Å². The Morgan fingerprint density at radius 2 is 2.08 bits per heavy atom. The Bertz CT molecular complexity index is 925. The van der Waals surface area contributed by atoms with Crippen molar-refractivity contribution in [2.24, 2.45) is 5.10 Å². The van der Waals surface area contributed by atoms with Gasteiger partial charge in [0, 0.05) is 4.47 Å². The van der Waals surface area contributed by atoms with Crippen LogP contribution in [0.15, 0.2) is 51.5 Å². The van der Waals surface area contributed by atoms with Crippen LogP contribution in [0.1, 0.15) is 12.5 Å². The summed E-state index contributed by atoms with van der Waals surface area (Å²) in [4.78, 5) is 12.8. The highest BCUT2D eigenvalue weighted by Crippen LogP contribution is 2.36. The molecule has 0 aromatic heterocycles. The number of halogens is 2. The van der Waals surface area contributed by atoms with Crippen LogP contribution >= 0.6 is 27.5 Å². The zero-order valence-electron chi connectivity index (χ0n) is 13.5. The smallest absolute Gasteiger partial charge is 0.280 e. The molecular formula is C18H14BrClN2O3. The summed E-state index contributed by atoms with van der Waals surface area (Å²) >= 11 is 9.40. The lowest BCUT2D eigenvalue weighted by atomic mass is 10.1. The van der Waals surface area contributed by atoms with E-state index in [1.54, 1.807) is 25.1 Å². The Balaban J connectivity index is 1.99. The first-order valence-electron chi connectivity index (χ1n) is 7.34. The number of phenols is 1. The van der Waals surface area contributed by atoms with Gasteiger partial charge in [-0.25, -0.2) is 0 Å². The molecule has 1 N–H and O–H groups in total. The lowest BCUT2D eigenvalue weighted by molar-refractivity contribution is -0.114. The lowest BCUT2D eigenvalue weighted by Crippen LogP contribution is -2.21. The van der Waals surface area contributed by atoms with Gasteiger partial charge < -0.3 is 9.84 Å². The van der Waals surface area contributed by atoms with Crippen molar-refractivity contribution in [2.45, 2.75) is 6.92 Å². The minimum atomic E-state index is -0.237. The van der Waals surface area contributed by atoms with Crippen LogP contribution in [0.5, 0.6) is 11.5 Å². The van der Waals surface area contributed by atoms with Crippen LogP contribution in [0.25, 0.3) is 6.08 Å². The lowest BCUT2D eigenvalue weighted by Gasteiger charge is -2.12. The topological polar surface area (TPSA) is 62.1 Å². The van der Waals surface area contributed by atoms with Gasteiger partial charge in [-0.2, -0.15) is 10.1 Å². The molecule has 0 fully saturated rings. The van der Waals surface area contributed by atoms with Gasteiger partial charge in [-0.05, 0) is 48.9 Å². The Kier molecular flexibility index (Phi) is 4.83. The molecule has 1 aliphatic rings. The Morgan fingerprint density at radius 1 is 1.32 bits per heavy atom. The molecule has 0 radical (unpaired) electrons. The van der Waals surface area contributed by atoms with E-state index in [4.69, 9.17) is 16.3 Å². The summed E-state index contributed by atoms with van der Waals surface area (Å²) in [7, 11) is 1.44. The molecule has 0 unspecified atom stereocenters. The summed E-state index contributed by atoms with van der Waals surface area (Å²) in [6.45, 7) is 1.76. The first-order valence-corrected chi connectivity index (χ1v) is 8.51. The normalized spacial score (nSPS) is 15.7. The molecule has 0 atom stereocenters. The van der Waals surface area contributed by atoms with Gasteiger partial charge in [-0.3, -0.25) is 4.79 Å². The maximum atomic E-state index is 12.8. The molecule has 3 rings (SSSR count). The molecular weight excluding hydrogens is 408 g/mol. The highest BCUT2D eigenvalue weighted by molar-refractivity contribution is 9.10. The minimum absolute atomic E-state index is 0.134. The molecule has 0 saturated heterocycles. The molecule has 1 aliphatic heterocycles. The third-order valence-electron chi connectivity index (χ3n) is 3.70. The molecule has 0 bridgehead atoms. The molecule has 1 heterocycles. The quantitative estimate of drug-likeness (QED) is 0.735. The number of aromatic hydroxyl groups is 1. The van der Waals surface area contributed by atoms with Gasteiger partial charge in [0.15, 0.2) is 11.5 Å². The SMILES string of the molecule is COc1cc(C=C2C(=O)N(c3cccc(Br)c3)N=C2C)cc(Cl)c1O. The largest absolute Gasteiger partial charge is 0.503 e. The van der Waals surface area contributed by atoms with Crippen LogP contribution in [-0.2, 0) is 4.79 Å². The number of carbonyl (C=O) groups excluding carboxylic acids is 1. The van der Waals surface area contributed by atoms with Crippen molar-refractivity contribution in [2.75, 3.05) is 12.1 Å². The number of anilines is 1. The molecule has 2 aromatic rings. The number of hydrogen-bond donors (Lipinski definition) is 1. The van der Waals surface area contributed by atoms with Gasteiger partial charge in [0.2, 0.25) is 0 Å². The summed E-state index contributed by atoms with van der Waals surface area (Å²) in [5.41, 5.74) is 2.34. The molecule has 0 aliphatic carbocycles. The summed E-state index contributed by atoms with van der Waals surface area (Å²) in [6.07, 6.45) is 1.67. The average Bonchev–Trinajstić information content (AvgIpc) is 2.86. The number of hydrazone groups is 1. The summed E-state index contributed by atoms with van der Waals surface area (Å²) < 4.78 is 5.95. The second kappa shape index (κ2) is 6.90. The van der Waals surface area contributed by atoms with Crippen molar-refractivity contribution < 1.29 is 14.6 Å². The van der Waals surface area contributed by atoms with Crippen LogP contribution in [0.4, 0.5) is 5.69 Å². The third kappa shape index (κ3) is 3.41. The number of methoxy groups -OCH3 is 1. The first-order chi connectivity index (χ1) is 11.9. The predicted octanol–water partition coefficient (Wildman–Crippen LogP) is 4.62. The van der Waals surface area contributed by atoms with Gasteiger partial charge in [0.05, 0.1) is 29.1 Å². The Morgan fingerprint density at radius 3 is 2.76 bits per heavy atom. The maximum Gasteiger partial charge on any atom is 0.280 e. The van der Waals surface area contributed by atoms with E-state index in [0.717, 1.165) is 4.47 Å². The molecule has 7 heteroatoms. The molecule has 1 amide bonds. The predicted molar refractivity (Wildman–Crippen MR) is 102 cm³/mol. The van der Waals surface area contributed by atoms with Gasteiger partial charge in [-0.1, -0.05) is 33.6 Å². The van der Waals surface area contributed by atoms with E-state index in [0.29, 0.717) is 22.5 Å². The second-order valence-electron chi connectivity index (χ2n) is 5.39. The number of rotatable bonds is 3. The van der Waals surface area contributed by atoms with Crippen molar-refractivity contribution in [3.8, 4) is 11.5 Å². The van der Waals surface area contributed by atoms with Gasteiger partial charge in [0.1, 0.15) is 0 Å². The monoisotopic (exact) mass is 420 g/mol. The van der Waals surface area contributed by atoms with Crippen LogP contribution in [-0.4, -0.2) is 23.8 Å². The standard InChI is InChI=1S/C18H14BrClN2O3/c1-10-14(6-11-7-15(20)17(23)16(8-11)25-2)18(24)22(21-10)13-5-3-4-12(19)9-13/h3-9,23H,1-2H3. The second-order valence-corrected chi connectivity index (χ2v) is 6.72. The molecule has 5 nitrogen and oxygen atoms in total. The average molecular weight is 422 g/mol. The third-order valence-corrected chi connectivity index (χ3v) is 4.48. The highest BCUT2D eigenvalue weighted by Gasteiger charge is 2.28. The molecule has 2 aromatic carbocycles. The van der Waals surface area contributed by atoms with E-state index in [1.165, 1.54) is 12.1 Å². The fraction of sp³-hybridized carbons (Fsp3) is 0.111. The van der Waals surface area contributed by atoms with Gasteiger partial charge in [-0.15, -0.1) is 0 Å². The number of ether oxygens (including phenoxy) is 1. The fourth-order valence-electron chi connectivity index (χ4n) is 2.47. The van der Waals surface area contributed by atoms with E-state index in [-0.39, 0.29) is 22.4 Å². The van der Waals surface area contributed by atoms with Crippen molar-refractivity contribution in [1.29, 1.82) is 0 Å². The van der Waals surface area contributed by atoms with Crippen molar-refractivity contribution >= 4 is 50.9 Å².